The Morgan fingerprint density at radius 3 is 2.50 bits per heavy atom. The van der Waals surface area contributed by atoms with Gasteiger partial charge in [0.05, 0.1) is 5.69 Å². The Labute approximate surface area is 124 Å². The number of hydrogen-bond donors (Lipinski definition) is 1. The molecule has 2 rings (SSSR count). The quantitative estimate of drug-likeness (QED) is 0.856. The summed E-state index contributed by atoms with van der Waals surface area (Å²) < 4.78 is 0. The van der Waals surface area contributed by atoms with E-state index in [-0.39, 0.29) is 0 Å². The molecule has 0 radical (unpaired) electrons. The van der Waals surface area contributed by atoms with Gasteiger partial charge < -0.3 is 5.32 Å². The van der Waals surface area contributed by atoms with Crippen molar-refractivity contribution in [2.24, 2.45) is 11.3 Å². The number of aromatic nitrogens is 1. The van der Waals surface area contributed by atoms with Gasteiger partial charge in [-0.25, -0.2) is 0 Å². The Balaban J connectivity index is 1.77. The van der Waals surface area contributed by atoms with E-state index in [1.54, 1.807) is 0 Å². The van der Waals surface area contributed by atoms with Gasteiger partial charge in [-0.1, -0.05) is 33.3 Å². The number of rotatable bonds is 5. The van der Waals surface area contributed by atoms with Crippen LogP contribution in [0.4, 0.5) is 0 Å². The lowest BCUT2D eigenvalue weighted by molar-refractivity contribution is 0.136. The van der Waals surface area contributed by atoms with Crippen LogP contribution in [0.5, 0.6) is 0 Å². The maximum Gasteiger partial charge on any atom is 0.0544 e. The fraction of sp³-hybridized carbons (Fsp3) is 0.722. The zero-order valence-electron chi connectivity index (χ0n) is 13.6. The van der Waals surface area contributed by atoms with Gasteiger partial charge in [-0.3, -0.25) is 4.98 Å². The first-order valence-electron chi connectivity index (χ1n) is 8.17. The fourth-order valence-corrected chi connectivity index (χ4v) is 3.31. The Morgan fingerprint density at radius 2 is 1.90 bits per heavy atom. The van der Waals surface area contributed by atoms with Crippen molar-refractivity contribution in [2.75, 3.05) is 0 Å². The van der Waals surface area contributed by atoms with Crippen LogP contribution in [0.3, 0.4) is 0 Å². The molecule has 1 aromatic heterocycles. The van der Waals surface area contributed by atoms with Gasteiger partial charge in [0.15, 0.2) is 0 Å². The van der Waals surface area contributed by atoms with Crippen LogP contribution >= 0.6 is 0 Å². The molecule has 2 nitrogen and oxygen atoms in total. The Bertz CT molecular complexity index is 417. The van der Waals surface area contributed by atoms with Crippen LogP contribution in [0.2, 0.25) is 0 Å². The van der Waals surface area contributed by atoms with Gasteiger partial charge in [0.25, 0.3) is 0 Å². The highest BCUT2D eigenvalue weighted by Gasteiger charge is 2.31. The van der Waals surface area contributed by atoms with Crippen molar-refractivity contribution < 1.29 is 0 Å². The van der Waals surface area contributed by atoms with E-state index in [2.05, 4.69) is 56.2 Å². The molecule has 0 saturated heterocycles. The predicted octanol–water partition coefficient (Wildman–Crippen LogP) is 4.47. The molecule has 0 aliphatic heterocycles. The summed E-state index contributed by atoms with van der Waals surface area (Å²) in [5.74, 6) is 0.905. The van der Waals surface area contributed by atoms with Crippen molar-refractivity contribution in [3.63, 3.8) is 0 Å². The second-order valence-corrected chi connectivity index (χ2v) is 7.04. The second-order valence-electron chi connectivity index (χ2n) is 7.04. The Hall–Kier alpha value is -0.890. The summed E-state index contributed by atoms with van der Waals surface area (Å²) in [7, 11) is 0. The second kappa shape index (κ2) is 6.71. The number of hydrogen-bond acceptors (Lipinski definition) is 2. The van der Waals surface area contributed by atoms with E-state index in [1.165, 1.54) is 37.8 Å². The molecule has 112 valence electrons. The van der Waals surface area contributed by atoms with Crippen molar-refractivity contribution >= 4 is 0 Å². The van der Waals surface area contributed by atoms with Crippen molar-refractivity contribution in [1.29, 1.82) is 0 Å². The van der Waals surface area contributed by atoms with Crippen molar-refractivity contribution in [3.05, 3.63) is 29.6 Å². The van der Waals surface area contributed by atoms with Gasteiger partial charge in [0.1, 0.15) is 0 Å². The van der Waals surface area contributed by atoms with Crippen LogP contribution in [0.15, 0.2) is 18.2 Å². The SMILES string of the molecule is CCC(C)(C)C1CCC(NCc2cccc(C)n2)CC1. The summed E-state index contributed by atoms with van der Waals surface area (Å²) in [6, 6.07) is 6.95. The van der Waals surface area contributed by atoms with Gasteiger partial charge in [0, 0.05) is 18.3 Å². The molecule has 1 heterocycles. The molecule has 1 aliphatic carbocycles. The Kier molecular flexibility index (Phi) is 5.20. The van der Waals surface area contributed by atoms with E-state index >= 15 is 0 Å². The smallest absolute Gasteiger partial charge is 0.0544 e. The monoisotopic (exact) mass is 274 g/mol. The molecule has 2 heteroatoms. The minimum atomic E-state index is 0.517. The third kappa shape index (κ3) is 4.05. The summed E-state index contributed by atoms with van der Waals surface area (Å²) in [5.41, 5.74) is 2.79. The van der Waals surface area contributed by atoms with Crippen molar-refractivity contribution in [3.8, 4) is 0 Å². The lowest BCUT2D eigenvalue weighted by Crippen LogP contribution is -2.36. The number of nitrogens with one attached hydrogen (secondary N) is 1. The van der Waals surface area contributed by atoms with Gasteiger partial charge in [-0.05, 0) is 56.1 Å². The molecular weight excluding hydrogens is 244 g/mol. The van der Waals surface area contributed by atoms with Crippen LogP contribution in [-0.4, -0.2) is 11.0 Å². The molecule has 1 aromatic rings. The topological polar surface area (TPSA) is 24.9 Å². The largest absolute Gasteiger partial charge is 0.308 e. The van der Waals surface area contributed by atoms with Crippen molar-refractivity contribution in [1.82, 2.24) is 10.3 Å². The minimum Gasteiger partial charge on any atom is -0.308 e. The molecule has 20 heavy (non-hydrogen) atoms. The normalized spacial score (nSPS) is 23.8. The molecule has 1 N–H and O–H groups in total. The van der Waals surface area contributed by atoms with Crippen LogP contribution in [0.1, 0.15) is 64.3 Å². The summed E-state index contributed by atoms with van der Waals surface area (Å²) in [6.07, 6.45) is 6.68. The summed E-state index contributed by atoms with van der Waals surface area (Å²) in [4.78, 5) is 4.56. The minimum absolute atomic E-state index is 0.517. The van der Waals surface area contributed by atoms with Gasteiger partial charge in [0.2, 0.25) is 0 Å². The van der Waals surface area contributed by atoms with E-state index < -0.39 is 0 Å². The third-order valence-electron chi connectivity index (χ3n) is 5.26. The average Bonchev–Trinajstić information content (AvgIpc) is 2.46. The lowest BCUT2D eigenvalue weighted by atomic mass is 9.69. The van der Waals surface area contributed by atoms with Gasteiger partial charge in [-0.15, -0.1) is 0 Å². The molecule has 1 saturated carbocycles. The number of nitrogens with zero attached hydrogens (tertiary/aromatic N) is 1. The summed E-state index contributed by atoms with van der Waals surface area (Å²) in [5, 5.41) is 3.69. The predicted molar refractivity (Wildman–Crippen MR) is 85.6 cm³/mol. The summed E-state index contributed by atoms with van der Waals surface area (Å²) >= 11 is 0. The maximum atomic E-state index is 4.56. The highest BCUT2D eigenvalue weighted by atomic mass is 14.9. The van der Waals surface area contributed by atoms with Gasteiger partial charge >= 0.3 is 0 Å². The molecule has 0 spiro atoms. The zero-order valence-corrected chi connectivity index (χ0v) is 13.6. The number of pyridine rings is 1. The average molecular weight is 274 g/mol. The van der Waals surface area contributed by atoms with Gasteiger partial charge in [-0.2, -0.15) is 0 Å². The maximum absolute atomic E-state index is 4.56. The van der Waals surface area contributed by atoms with E-state index in [4.69, 9.17) is 0 Å². The first kappa shape index (κ1) is 15.5. The molecule has 0 bridgehead atoms. The summed E-state index contributed by atoms with van der Waals surface area (Å²) in [6.45, 7) is 10.2. The molecule has 1 aliphatic rings. The molecule has 0 unspecified atom stereocenters. The van der Waals surface area contributed by atoms with Crippen LogP contribution in [0, 0.1) is 18.3 Å². The Morgan fingerprint density at radius 1 is 1.20 bits per heavy atom. The first-order chi connectivity index (χ1) is 9.51. The van der Waals surface area contributed by atoms with E-state index in [1.807, 2.05) is 0 Å². The lowest BCUT2D eigenvalue weighted by Gasteiger charge is -2.39. The first-order valence-corrected chi connectivity index (χ1v) is 8.17. The third-order valence-corrected chi connectivity index (χ3v) is 5.26. The fourth-order valence-electron chi connectivity index (χ4n) is 3.31. The highest BCUT2D eigenvalue weighted by molar-refractivity contribution is 5.09. The highest BCUT2D eigenvalue weighted by Crippen LogP contribution is 2.40. The van der Waals surface area contributed by atoms with E-state index in [9.17, 15) is 0 Å². The standard InChI is InChI=1S/C18H30N2/c1-5-18(3,4)15-9-11-16(12-10-15)19-13-17-8-6-7-14(2)20-17/h6-8,15-16,19H,5,9-13H2,1-4H3. The van der Waals surface area contributed by atoms with E-state index in [0.717, 1.165) is 18.2 Å². The van der Waals surface area contributed by atoms with Crippen LogP contribution in [0.25, 0.3) is 0 Å². The molecule has 0 amide bonds. The van der Waals surface area contributed by atoms with E-state index in [0.29, 0.717) is 11.5 Å². The van der Waals surface area contributed by atoms with Crippen molar-refractivity contribution in [2.45, 2.75) is 72.4 Å². The van der Waals surface area contributed by atoms with Crippen LogP contribution < -0.4 is 5.32 Å². The molecule has 1 fully saturated rings. The molecular formula is C18H30N2. The zero-order chi connectivity index (χ0) is 14.6. The number of aryl methyl sites for hydroxylation is 1. The molecule has 0 aromatic carbocycles. The van der Waals surface area contributed by atoms with Crippen LogP contribution in [-0.2, 0) is 6.54 Å². The molecule has 0 atom stereocenters.